The number of pyridine rings is 1. The predicted molar refractivity (Wildman–Crippen MR) is 143 cm³/mol. The Morgan fingerprint density at radius 3 is 2.40 bits per heavy atom. The van der Waals surface area contributed by atoms with E-state index >= 15 is 0 Å². The first kappa shape index (κ1) is 29.0. The highest BCUT2D eigenvalue weighted by Gasteiger charge is 2.43. The summed E-state index contributed by atoms with van der Waals surface area (Å²) in [5, 5.41) is 29.6. The first-order chi connectivity index (χ1) is 19.1. The molecule has 1 unspecified atom stereocenters. The number of aliphatic hydroxyl groups is 1. The predicted octanol–water partition coefficient (Wildman–Crippen LogP) is -0.398. The molecule has 2 aliphatic rings. The molecule has 0 bridgehead atoms. The smallest absolute Gasteiger partial charge is 0.274 e. The van der Waals surface area contributed by atoms with E-state index in [0.717, 1.165) is 5.56 Å². The van der Waals surface area contributed by atoms with E-state index in [1.807, 2.05) is 30.3 Å². The van der Waals surface area contributed by atoms with Gasteiger partial charge in [0, 0.05) is 19.2 Å². The maximum absolute atomic E-state index is 13.8. The summed E-state index contributed by atoms with van der Waals surface area (Å²) in [5.74, 6) is -4.12. The molecule has 2 fully saturated rings. The van der Waals surface area contributed by atoms with Crippen LogP contribution in [-0.2, 0) is 25.5 Å². The van der Waals surface area contributed by atoms with Crippen LogP contribution in [0.25, 0.3) is 0 Å². The second kappa shape index (κ2) is 12.4. The summed E-state index contributed by atoms with van der Waals surface area (Å²) < 4.78 is 5.27. The van der Waals surface area contributed by atoms with Crippen molar-refractivity contribution in [3.05, 3.63) is 59.9 Å². The highest BCUT2D eigenvalue weighted by molar-refractivity contribution is 5.98. The lowest BCUT2D eigenvalue weighted by atomic mass is 9.89. The van der Waals surface area contributed by atoms with Gasteiger partial charge in [-0.05, 0) is 31.0 Å². The molecule has 6 atom stereocenters. The van der Waals surface area contributed by atoms with Crippen molar-refractivity contribution < 1.29 is 34.1 Å². The highest BCUT2D eigenvalue weighted by Crippen LogP contribution is 2.22. The van der Waals surface area contributed by atoms with Gasteiger partial charge in [0.25, 0.3) is 5.91 Å². The van der Waals surface area contributed by atoms with Gasteiger partial charge in [0.15, 0.2) is 5.69 Å². The molecule has 40 heavy (non-hydrogen) atoms. The molecule has 1 aromatic heterocycles. The van der Waals surface area contributed by atoms with E-state index in [0.29, 0.717) is 0 Å². The van der Waals surface area contributed by atoms with Crippen molar-refractivity contribution in [2.75, 3.05) is 20.3 Å². The lowest BCUT2D eigenvalue weighted by Crippen LogP contribution is -2.65. The largest absolute Gasteiger partial charge is 0.505 e. The van der Waals surface area contributed by atoms with Gasteiger partial charge in [0.2, 0.25) is 17.7 Å². The van der Waals surface area contributed by atoms with Crippen molar-refractivity contribution in [2.45, 2.75) is 50.5 Å². The Kier molecular flexibility index (Phi) is 9.00. The van der Waals surface area contributed by atoms with E-state index in [1.54, 1.807) is 6.92 Å². The molecule has 2 aliphatic heterocycles. The van der Waals surface area contributed by atoms with E-state index in [-0.39, 0.29) is 37.0 Å². The van der Waals surface area contributed by atoms with Crippen LogP contribution < -0.4 is 16.0 Å². The van der Waals surface area contributed by atoms with E-state index in [2.05, 4.69) is 20.9 Å². The summed E-state index contributed by atoms with van der Waals surface area (Å²) in [5.41, 5.74) is 0.532. The topological polar surface area (TPSA) is 170 Å². The number of carbonyl (C=O) groups is 4. The molecule has 3 heterocycles. The van der Waals surface area contributed by atoms with Crippen LogP contribution in [-0.4, -0.2) is 94.3 Å². The molecule has 0 spiro atoms. The number of rotatable bonds is 5. The van der Waals surface area contributed by atoms with Crippen LogP contribution in [0.1, 0.15) is 29.9 Å². The molecule has 0 saturated carbocycles. The zero-order chi connectivity index (χ0) is 29.0. The monoisotopic (exact) mass is 553 g/mol. The van der Waals surface area contributed by atoms with E-state index in [4.69, 9.17) is 4.74 Å². The lowest BCUT2D eigenvalue weighted by Gasteiger charge is -2.40. The fourth-order valence-corrected chi connectivity index (χ4v) is 4.84. The number of hydrogen-bond donors (Lipinski definition) is 5. The minimum absolute atomic E-state index is 0.204. The maximum atomic E-state index is 13.8. The Morgan fingerprint density at radius 1 is 1.07 bits per heavy atom. The Morgan fingerprint density at radius 2 is 1.77 bits per heavy atom. The molecule has 2 aromatic rings. The third-order valence-electron chi connectivity index (χ3n) is 7.67. The maximum Gasteiger partial charge on any atom is 0.274 e. The van der Waals surface area contributed by atoms with Crippen LogP contribution >= 0.6 is 0 Å². The molecule has 5 N–H and O–H groups in total. The number of benzene rings is 1. The van der Waals surface area contributed by atoms with Crippen LogP contribution in [0.3, 0.4) is 0 Å². The average molecular weight is 554 g/mol. The number of carbonyl (C=O) groups excluding carboxylic acids is 4. The van der Waals surface area contributed by atoms with Crippen molar-refractivity contribution in [3.8, 4) is 5.75 Å². The fraction of sp³-hybridized carbons (Fsp3) is 0.464. The highest BCUT2D eigenvalue weighted by atomic mass is 16.5. The number of amides is 4. The van der Waals surface area contributed by atoms with E-state index in [1.165, 1.54) is 37.2 Å². The number of aromatic nitrogens is 1. The first-order valence-corrected chi connectivity index (χ1v) is 13.2. The van der Waals surface area contributed by atoms with Crippen molar-refractivity contribution in [1.29, 1.82) is 0 Å². The van der Waals surface area contributed by atoms with Crippen molar-refractivity contribution in [3.63, 3.8) is 0 Å². The molecule has 0 aliphatic carbocycles. The first-order valence-electron chi connectivity index (χ1n) is 13.2. The quantitative estimate of drug-likeness (QED) is 0.333. The third kappa shape index (κ3) is 6.23. The zero-order valence-corrected chi connectivity index (χ0v) is 22.6. The van der Waals surface area contributed by atoms with Gasteiger partial charge in [-0.1, -0.05) is 37.3 Å². The van der Waals surface area contributed by atoms with E-state index in [9.17, 15) is 29.4 Å². The molecule has 214 valence electrons. The minimum atomic E-state index is -1.32. The summed E-state index contributed by atoms with van der Waals surface area (Å²) >= 11 is 0. The van der Waals surface area contributed by atoms with Gasteiger partial charge >= 0.3 is 0 Å². The summed E-state index contributed by atoms with van der Waals surface area (Å²) in [6, 6.07) is 7.87. The number of hydrogen-bond acceptors (Lipinski definition) is 8. The summed E-state index contributed by atoms with van der Waals surface area (Å²) in [4.78, 5) is 58.9. The van der Waals surface area contributed by atoms with Crippen LogP contribution in [0.15, 0.2) is 48.7 Å². The Hall–Kier alpha value is -4.03. The minimum Gasteiger partial charge on any atom is -0.505 e. The van der Waals surface area contributed by atoms with Gasteiger partial charge in [0.1, 0.15) is 17.8 Å². The van der Waals surface area contributed by atoms with Gasteiger partial charge in [-0.3, -0.25) is 19.2 Å². The second-order valence-corrected chi connectivity index (χ2v) is 10.4. The molecule has 4 amide bonds. The molecule has 1 aromatic carbocycles. The molecular weight excluding hydrogens is 518 g/mol. The van der Waals surface area contributed by atoms with Crippen molar-refractivity contribution >= 4 is 23.6 Å². The van der Waals surface area contributed by atoms with Crippen LogP contribution in [0.4, 0.5) is 0 Å². The Bertz CT molecular complexity index is 1240. The molecule has 0 radical (unpaired) electrons. The number of nitrogens with zero attached hydrogens (tertiary/aromatic N) is 2. The van der Waals surface area contributed by atoms with Crippen molar-refractivity contribution in [1.82, 2.24) is 25.8 Å². The fourth-order valence-electron chi connectivity index (χ4n) is 4.84. The summed E-state index contributed by atoms with van der Waals surface area (Å²) in [6.07, 6.45) is 0.216. The zero-order valence-electron chi connectivity index (χ0n) is 22.6. The van der Waals surface area contributed by atoms with Gasteiger partial charge in [-0.2, -0.15) is 0 Å². The third-order valence-corrected chi connectivity index (χ3v) is 7.67. The molecule has 4 rings (SSSR count). The lowest BCUT2D eigenvalue weighted by molar-refractivity contribution is -0.148. The SMILES string of the molecule is C[C@@H]1[C@H](NC(=O)c2ncccc2O)C(=O)N[C@@H](Cc2ccccc2)[C@@H](O)[C@@H](C)C(=O)NC(C2COC2)C(=O)N1C. The number of likely N-dealkylation sites (N-methyl/N-ethyl adjacent to an activating group) is 1. The number of nitrogens with one attached hydrogen (secondary N) is 3. The average Bonchev–Trinajstić information content (AvgIpc) is 2.92. The summed E-state index contributed by atoms with van der Waals surface area (Å²) in [7, 11) is 1.49. The van der Waals surface area contributed by atoms with Gasteiger partial charge in [-0.15, -0.1) is 0 Å². The molecule has 2 saturated heterocycles. The second-order valence-electron chi connectivity index (χ2n) is 10.4. The molecule has 12 nitrogen and oxygen atoms in total. The number of ether oxygens (including phenoxy) is 1. The van der Waals surface area contributed by atoms with E-state index < -0.39 is 59.8 Å². The van der Waals surface area contributed by atoms with Crippen LogP contribution in [0.2, 0.25) is 0 Å². The van der Waals surface area contributed by atoms with Crippen molar-refractivity contribution in [2.24, 2.45) is 11.8 Å². The molecular formula is C28H35N5O7. The standard InChI is InChI=1S/C28H35N5O7/c1-15-24(35)19(12-17-8-5-4-6-9-17)30-26(37)21(31-27(38)23-20(34)10-7-11-29-23)16(2)33(3)28(39)22(32-25(15)36)18-13-40-14-18/h4-11,15-16,18-19,21-22,24,34-35H,12-14H2,1-3H3,(H,30,37)(H,31,38)(H,32,36)/t15-,16-,19+,21+,22?,24+/m1/s1. The Labute approximate surface area is 232 Å². The van der Waals surface area contributed by atoms with Gasteiger partial charge in [0.05, 0.1) is 37.3 Å². The van der Waals surface area contributed by atoms with Gasteiger partial charge < -0.3 is 35.8 Å². The van der Waals surface area contributed by atoms with Crippen LogP contribution in [0.5, 0.6) is 5.75 Å². The van der Waals surface area contributed by atoms with Crippen LogP contribution in [0, 0.1) is 11.8 Å². The number of aromatic hydroxyl groups is 1. The molecule has 12 heteroatoms. The Balaban J connectivity index is 1.71. The number of aliphatic hydroxyl groups excluding tert-OH is 1. The summed E-state index contributed by atoms with van der Waals surface area (Å²) in [6.45, 7) is 3.66. The van der Waals surface area contributed by atoms with Gasteiger partial charge in [-0.25, -0.2) is 4.98 Å². The normalized spacial score (nSPS) is 28.4.